The van der Waals surface area contributed by atoms with Gasteiger partial charge < -0.3 is 19.9 Å². The summed E-state index contributed by atoms with van der Waals surface area (Å²) in [5.74, 6) is -0.0406. The molecule has 2 saturated heterocycles. The van der Waals surface area contributed by atoms with E-state index in [0.717, 1.165) is 24.3 Å². The summed E-state index contributed by atoms with van der Waals surface area (Å²) in [7, 11) is 0. The van der Waals surface area contributed by atoms with Crippen molar-refractivity contribution in [1.29, 1.82) is 0 Å². The zero-order valence-corrected chi connectivity index (χ0v) is 21.6. The third-order valence-electron chi connectivity index (χ3n) is 7.38. The van der Waals surface area contributed by atoms with Crippen molar-refractivity contribution < 1.29 is 19.1 Å². The fourth-order valence-electron chi connectivity index (χ4n) is 5.22. The van der Waals surface area contributed by atoms with Crippen molar-refractivity contribution in [1.82, 2.24) is 20.1 Å². The van der Waals surface area contributed by atoms with Crippen LogP contribution < -0.4 is 5.32 Å². The van der Waals surface area contributed by atoms with E-state index in [1.807, 2.05) is 17.2 Å². The number of urea groups is 1. The Bertz CT molecular complexity index is 914. The van der Waals surface area contributed by atoms with Crippen molar-refractivity contribution in [3.8, 4) is 0 Å². The molecule has 0 aromatic carbocycles. The highest BCUT2D eigenvalue weighted by Gasteiger charge is 2.31. The molecular weight excluding hydrogens is 464 g/mol. The third-order valence-corrected chi connectivity index (χ3v) is 8.39. The second-order valence-electron chi connectivity index (χ2n) is 9.74. The zero-order chi connectivity index (χ0) is 24.6. The van der Waals surface area contributed by atoms with Crippen LogP contribution in [0.5, 0.6) is 0 Å². The Balaban J connectivity index is 1.20. The number of rotatable bonds is 7. The number of likely N-dealkylation sites (tertiary alicyclic amines) is 2. The van der Waals surface area contributed by atoms with Crippen LogP contribution in [0.1, 0.15) is 86.1 Å². The lowest BCUT2D eigenvalue weighted by molar-refractivity contribution is -0.149. The number of carbonyl (C=O) groups excluding carboxylic acids is 3. The van der Waals surface area contributed by atoms with Crippen molar-refractivity contribution in [2.24, 2.45) is 5.92 Å². The van der Waals surface area contributed by atoms with Crippen molar-refractivity contribution in [2.75, 3.05) is 39.3 Å². The van der Waals surface area contributed by atoms with Gasteiger partial charge in [0.2, 0.25) is 0 Å². The highest BCUT2D eigenvalue weighted by Crippen LogP contribution is 2.31. The molecule has 8 nitrogen and oxygen atoms in total. The number of carbonyl (C=O) groups is 3. The van der Waals surface area contributed by atoms with Crippen LogP contribution in [0.4, 0.5) is 4.79 Å². The van der Waals surface area contributed by atoms with Gasteiger partial charge in [0.1, 0.15) is 5.69 Å². The maximum Gasteiger partial charge on any atom is 0.317 e. The summed E-state index contributed by atoms with van der Waals surface area (Å²) in [6, 6.07) is 0.0288. The fourth-order valence-corrected chi connectivity index (χ4v) is 6.18. The number of nitrogens with zero attached hydrogens (tertiary/aromatic N) is 3. The van der Waals surface area contributed by atoms with Gasteiger partial charge in [-0.1, -0.05) is 11.6 Å². The van der Waals surface area contributed by atoms with Gasteiger partial charge >= 0.3 is 12.0 Å². The number of amides is 3. The molecule has 1 aromatic heterocycles. The van der Waals surface area contributed by atoms with E-state index in [2.05, 4.69) is 16.4 Å². The summed E-state index contributed by atoms with van der Waals surface area (Å²) in [5, 5.41) is 5.92. The van der Waals surface area contributed by atoms with Gasteiger partial charge in [-0.05, 0) is 64.7 Å². The Labute approximate surface area is 212 Å². The molecule has 2 fully saturated rings. The molecule has 3 amide bonds. The quantitative estimate of drug-likeness (QED) is 0.442. The zero-order valence-electron chi connectivity index (χ0n) is 20.8. The summed E-state index contributed by atoms with van der Waals surface area (Å²) in [6.45, 7) is 5.44. The molecule has 35 heavy (non-hydrogen) atoms. The lowest BCUT2D eigenvalue weighted by Crippen LogP contribution is -2.44. The van der Waals surface area contributed by atoms with Gasteiger partial charge in [-0.25, -0.2) is 9.78 Å². The maximum absolute atomic E-state index is 12.9. The summed E-state index contributed by atoms with van der Waals surface area (Å²) in [6.07, 6.45) is 11.2. The molecule has 0 spiro atoms. The first kappa shape index (κ1) is 25.7. The highest BCUT2D eigenvalue weighted by atomic mass is 32.1. The second-order valence-corrected chi connectivity index (χ2v) is 10.6. The molecule has 192 valence electrons. The molecule has 1 aromatic rings. The van der Waals surface area contributed by atoms with Crippen LogP contribution in [-0.2, 0) is 9.53 Å². The number of ether oxygens (including phenoxy) is 1. The van der Waals surface area contributed by atoms with Crippen LogP contribution >= 0.6 is 11.3 Å². The van der Waals surface area contributed by atoms with Crippen LogP contribution in [0, 0.1) is 5.92 Å². The lowest BCUT2D eigenvalue weighted by atomic mass is 9.96. The molecular formula is C26H38N4O4S. The summed E-state index contributed by atoms with van der Waals surface area (Å²) < 4.78 is 5.12. The standard InChI is InChI=1S/C26H38N4O4S/c1-2-34-25(32)21-11-14-29(15-12-21)24(31)22-18-35-23(28-22)20-9-16-30(17-10-20)26(33)27-13-8-19-6-4-3-5-7-19/h6,18,20-21H,2-5,7-17H2,1H3,(H,27,33). The smallest absolute Gasteiger partial charge is 0.317 e. The van der Waals surface area contributed by atoms with Gasteiger partial charge in [0.25, 0.3) is 5.91 Å². The summed E-state index contributed by atoms with van der Waals surface area (Å²) >= 11 is 1.54. The second kappa shape index (κ2) is 12.5. The molecule has 3 heterocycles. The molecule has 4 rings (SSSR count). The van der Waals surface area contributed by atoms with E-state index in [9.17, 15) is 14.4 Å². The molecule has 0 unspecified atom stereocenters. The van der Waals surface area contributed by atoms with Crippen molar-refractivity contribution >= 4 is 29.2 Å². The minimum absolute atomic E-state index is 0.0288. The first-order valence-corrected chi connectivity index (χ1v) is 14.0. The number of thiazole rings is 1. The van der Waals surface area contributed by atoms with Crippen molar-refractivity contribution in [3.63, 3.8) is 0 Å². The lowest BCUT2D eigenvalue weighted by Gasteiger charge is -2.31. The van der Waals surface area contributed by atoms with Crippen LogP contribution in [0.2, 0.25) is 0 Å². The van der Waals surface area contributed by atoms with E-state index in [-0.39, 0.29) is 29.7 Å². The topological polar surface area (TPSA) is 91.8 Å². The van der Waals surface area contributed by atoms with Crippen LogP contribution in [0.25, 0.3) is 0 Å². The number of hydrogen-bond donors (Lipinski definition) is 1. The van der Waals surface area contributed by atoms with Gasteiger partial charge in [0.05, 0.1) is 17.5 Å². The Morgan fingerprint density at radius 1 is 1.09 bits per heavy atom. The minimum atomic E-state index is -0.155. The average Bonchev–Trinajstić information content (AvgIpc) is 3.39. The number of hydrogen-bond acceptors (Lipinski definition) is 6. The van der Waals surface area contributed by atoms with Gasteiger partial charge in [0.15, 0.2) is 0 Å². The van der Waals surface area contributed by atoms with Gasteiger partial charge in [0, 0.05) is 44.0 Å². The van der Waals surface area contributed by atoms with E-state index in [1.54, 1.807) is 16.2 Å². The van der Waals surface area contributed by atoms with Gasteiger partial charge in [-0.3, -0.25) is 9.59 Å². The molecule has 0 atom stereocenters. The first-order valence-electron chi connectivity index (χ1n) is 13.2. The van der Waals surface area contributed by atoms with E-state index in [1.165, 1.54) is 31.3 Å². The fraction of sp³-hybridized carbons (Fsp3) is 0.692. The van der Waals surface area contributed by atoms with Crippen molar-refractivity contribution in [2.45, 2.75) is 70.6 Å². The average molecular weight is 503 g/mol. The molecule has 0 radical (unpaired) electrons. The first-order chi connectivity index (χ1) is 17.0. The minimum Gasteiger partial charge on any atom is -0.466 e. The molecule has 1 aliphatic carbocycles. The number of allylic oxidation sites excluding steroid dienone is 1. The Hall–Kier alpha value is -2.42. The van der Waals surface area contributed by atoms with Gasteiger partial charge in [-0.15, -0.1) is 11.3 Å². The molecule has 3 aliphatic rings. The van der Waals surface area contributed by atoms with Crippen molar-refractivity contribution in [3.05, 3.63) is 27.7 Å². The third kappa shape index (κ3) is 6.84. The van der Waals surface area contributed by atoms with E-state index in [4.69, 9.17) is 4.74 Å². The van der Waals surface area contributed by atoms with E-state index in [0.29, 0.717) is 57.9 Å². The Morgan fingerprint density at radius 3 is 2.51 bits per heavy atom. The molecule has 0 saturated carbocycles. The van der Waals surface area contributed by atoms with E-state index < -0.39 is 0 Å². The number of nitrogens with one attached hydrogen (secondary N) is 1. The largest absolute Gasteiger partial charge is 0.466 e. The monoisotopic (exact) mass is 502 g/mol. The Kier molecular flexibility index (Phi) is 9.18. The predicted octanol–water partition coefficient (Wildman–Crippen LogP) is 4.34. The molecule has 1 N–H and O–H groups in total. The number of aromatic nitrogens is 1. The maximum atomic E-state index is 12.9. The molecule has 9 heteroatoms. The number of esters is 1. The molecule has 2 aliphatic heterocycles. The summed E-state index contributed by atoms with van der Waals surface area (Å²) in [4.78, 5) is 45.8. The number of piperidine rings is 2. The highest BCUT2D eigenvalue weighted by molar-refractivity contribution is 7.09. The van der Waals surface area contributed by atoms with Gasteiger partial charge in [-0.2, -0.15) is 0 Å². The van der Waals surface area contributed by atoms with E-state index >= 15 is 0 Å². The van der Waals surface area contributed by atoms with Crippen LogP contribution in [0.3, 0.4) is 0 Å². The van der Waals surface area contributed by atoms with Crippen LogP contribution in [-0.4, -0.2) is 72.0 Å². The molecule has 0 bridgehead atoms. The van der Waals surface area contributed by atoms with Crippen LogP contribution in [0.15, 0.2) is 17.0 Å². The normalized spacial score (nSPS) is 19.9. The SMILES string of the molecule is CCOC(=O)C1CCN(C(=O)c2csc(C3CCN(C(=O)NCCC4=CCCCC4)CC3)n2)CC1. The predicted molar refractivity (Wildman–Crippen MR) is 135 cm³/mol. The Morgan fingerprint density at radius 2 is 1.83 bits per heavy atom. The summed E-state index contributed by atoms with van der Waals surface area (Å²) in [5.41, 5.74) is 1.98.